The fourth-order valence-electron chi connectivity index (χ4n) is 2.52. The summed E-state index contributed by atoms with van der Waals surface area (Å²) in [5.74, 6) is 0. The largest absolute Gasteiger partial charge is 0.384 e. The maximum Gasteiger partial charge on any atom is 0.0992 e. The number of nitrogens with one attached hydrogen (secondary N) is 1. The molecule has 118 valence electrons. The number of hydrogen-bond donors (Lipinski definition) is 2. The molecule has 4 nitrogen and oxygen atoms in total. The molecular weight excluding hydrogens is 286 g/mol. The van der Waals surface area contributed by atoms with E-state index in [2.05, 4.69) is 10.4 Å². The molecule has 0 saturated heterocycles. The third-order valence-corrected chi connectivity index (χ3v) is 3.85. The van der Waals surface area contributed by atoms with Gasteiger partial charge in [0, 0.05) is 24.8 Å². The molecule has 4 heteroatoms. The summed E-state index contributed by atoms with van der Waals surface area (Å²) in [6.45, 7) is 2.96. The topological polar surface area (TPSA) is 50.1 Å². The summed E-state index contributed by atoms with van der Waals surface area (Å²) in [6.07, 6.45) is 3.84. The van der Waals surface area contributed by atoms with Gasteiger partial charge in [0.1, 0.15) is 0 Å². The van der Waals surface area contributed by atoms with Crippen molar-refractivity contribution in [1.29, 1.82) is 0 Å². The molecule has 0 aliphatic carbocycles. The Hall–Kier alpha value is -2.43. The first-order valence-corrected chi connectivity index (χ1v) is 7.73. The Morgan fingerprint density at radius 1 is 1.04 bits per heavy atom. The Balaban J connectivity index is 1.58. The fraction of sp³-hybridized carbons (Fsp3) is 0.211. The molecule has 0 saturated carbocycles. The van der Waals surface area contributed by atoms with E-state index in [-0.39, 0.29) is 0 Å². The van der Waals surface area contributed by atoms with Crippen LogP contribution in [0.5, 0.6) is 0 Å². The zero-order chi connectivity index (χ0) is 16.1. The number of para-hydroxylation sites is 1. The maximum atomic E-state index is 10.6. The van der Waals surface area contributed by atoms with Gasteiger partial charge < -0.3 is 10.4 Å². The van der Waals surface area contributed by atoms with E-state index >= 15 is 0 Å². The highest BCUT2D eigenvalue weighted by Crippen LogP contribution is 2.19. The minimum absolute atomic E-state index is 0.480. The molecule has 0 fully saturated rings. The zero-order valence-corrected chi connectivity index (χ0v) is 13.2. The first-order valence-electron chi connectivity index (χ1n) is 7.73. The van der Waals surface area contributed by atoms with Crippen LogP contribution in [0.15, 0.2) is 73.1 Å². The van der Waals surface area contributed by atoms with Crippen molar-refractivity contribution in [2.45, 2.75) is 19.1 Å². The monoisotopic (exact) mass is 307 g/mol. The first kappa shape index (κ1) is 15.5. The predicted octanol–water partition coefficient (Wildman–Crippen LogP) is 2.87. The highest BCUT2D eigenvalue weighted by atomic mass is 16.3. The Morgan fingerprint density at radius 2 is 1.70 bits per heavy atom. The molecule has 1 aromatic heterocycles. The van der Waals surface area contributed by atoms with E-state index in [0.29, 0.717) is 13.1 Å². The van der Waals surface area contributed by atoms with Gasteiger partial charge in [-0.15, -0.1) is 0 Å². The van der Waals surface area contributed by atoms with Gasteiger partial charge in [0.05, 0.1) is 17.5 Å². The van der Waals surface area contributed by atoms with Crippen LogP contribution >= 0.6 is 0 Å². The standard InChI is InChI=1S/C19H21N3O/c1-19(23,17-8-4-2-5-9-17)15-20-12-16-13-21-22(14-16)18-10-6-3-7-11-18/h2-11,13-14,20,23H,12,15H2,1H3. The highest BCUT2D eigenvalue weighted by Gasteiger charge is 2.21. The van der Waals surface area contributed by atoms with Gasteiger partial charge in [-0.1, -0.05) is 48.5 Å². The number of benzene rings is 2. The quantitative estimate of drug-likeness (QED) is 0.736. The van der Waals surface area contributed by atoms with E-state index in [1.807, 2.05) is 84.7 Å². The summed E-state index contributed by atoms with van der Waals surface area (Å²) in [7, 11) is 0. The lowest BCUT2D eigenvalue weighted by Crippen LogP contribution is -2.35. The van der Waals surface area contributed by atoms with Crippen LogP contribution in [0, 0.1) is 0 Å². The van der Waals surface area contributed by atoms with Crippen LogP contribution in [0.25, 0.3) is 5.69 Å². The van der Waals surface area contributed by atoms with E-state index in [9.17, 15) is 5.11 Å². The van der Waals surface area contributed by atoms with Crippen molar-refractivity contribution in [2.24, 2.45) is 0 Å². The fourth-order valence-corrected chi connectivity index (χ4v) is 2.52. The average Bonchev–Trinajstić information content (AvgIpc) is 3.05. The van der Waals surface area contributed by atoms with Gasteiger partial charge in [-0.25, -0.2) is 4.68 Å². The van der Waals surface area contributed by atoms with Gasteiger partial charge in [-0.2, -0.15) is 5.10 Å². The number of aromatic nitrogens is 2. The van der Waals surface area contributed by atoms with E-state index < -0.39 is 5.60 Å². The van der Waals surface area contributed by atoms with E-state index in [1.54, 1.807) is 0 Å². The molecule has 3 rings (SSSR count). The van der Waals surface area contributed by atoms with Crippen molar-refractivity contribution in [1.82, 2.24) is 15.1 Å². The van der Waals surface area contributed by atoms with Gasteiger partial charge >= 0.3 is 0 Å². The Morgan fingerprint density at radius 3 is 2.39 bits per heavy atom. The molecule has 23 heavy (non-hydrogen) atoms. The minimum atomic E-state index is -0.892. The molecule has 0 aliphatic rings. The van der Waals surface area contributed by atoms with Crippen LogP contribution in [-0.2, 0) is 12.1 Å². The molecule has 0 spiro atoms. The second kappa shape index (κ2) is 6.77. The van der Waals surface area contributed by atoms with Crippen LogP contribution in [0.4, 0.5) is 0 Å². The van der Waals surface area contributed by atoms with Crippen LogP contribution in [0.3, 0.4) is 0 Å². The van der Waals surface area contributed by atoms with Crippen molar-refractivity contribution in [3.8, 4) is 5.69 Å². The van der Waals surface area contributed by atoms with Crippen LogP contribution in [0.2, 0.25) is 0 Å². The average molecular weight is 307 g/mol. The van der Waals surface area contributed by atoms with E-state index in [0.717, 1.165) is 16.8 Å². The molecule has 2 N–H and O–H groups in total. The number of aliphatic hydroxyl groups is 1. The lowest BCUT2D eigenvalue weighted by Gasteiger charge is -2.24. The number of hydrogen-bond acceptors (Lipinski definition) is 3. The maximum absolute atomic E-state index is 10.6. The van der Waals surface area contributed by atoms with Crippen molar-refractivity contribution in [3.63, 3.8) is 0 Å². The molecule has 0 amide bonds. The summed E-state index contributed by atoms with van der Waals surface area (Å²) < 4.78 is 1.85. The molecule has 0 radical (unpaired) electrons. The minimum Gasteiger partial charge on any atom is -0.384 e. The zero-order valence-electron chi connectivity index (χ0n) is 13.2. The van der Waals surface area contributed by atoms with Crippen molar-refractivity contribution < 1.29 is 5.11 Å². The van der Waals surface area contributed by atoms with Crippen LogP contribution in [-0.4, -0.2) is 21.4 Å². The Labute approximate surface area is 136 Å². The normalized spacial score (nSPS) is 13.7. The Bertz CT molecular complexity index is 736. The molecule has 1 unspecified atom stereocenters. The molecule has 0 aliphatic heterocycles. The number of nitrogens with zero attached hydrogens (tertiary/aromatic N) is 2. The third-order valence-electron chi connectivity index (χ3n) is 3.85. The lowest BCUT2D eigenvalue weighted by molar-refractivity contribution is 0.0567. The molecular formula is C19H21N3O. The van der Waals surface area contributed by atoms with Crippen molar-refractivity contribution >= 4 is 0 Å². The molecule has 1 heterocycles. The van der Waals surface area contributed by atoms with Gasteiger partial charge in [0.25, 0.3) is 0 Å². The van der Waals surface area contributed by atoms with E-state index in [1.165, 1.54) is 0 Å². The highest BCUT2D eigenvalue weighted by molar-refractivity contribution is 5.31. The first-order chi connectivity index (χ1) is 11.1. The van der Waals surface area contributed by atoms with Gasteiger partial charge in [-0.3, -0.25) is 0 Å². The summed E-state index contributed by atoms with van der Waals surface area (Å²) in [5.41, 5.74) is 2.14. The predicted molar refractivity (Wildman–Crippen MR) is 91.3 cm³/mol. The van der Waals surface area contributed by atoms with Gasteiger partial charge in [0.15, 0.2) is 0 Å². The smallest absolute Gasteiger partial charge is 0.0992 e. The third kappa shape index (κ3) is 3.86. The molecule has 3 aromatic rings. The lowest BCUT2D eigenvalue weighted by atomic mass is 9.96. The van der Waals surface area contributed by atoms with Gasteiger partial charge in [-0.05, 0) is 24.6 Å². The SMILES string of the molecule is CC(O)(CNCc1cnn(-c2ccccc2)c1)c1ccccc1. The summed E-state index contributed by atoms with van der Waals surface area (Å²) in [4.78, 5) is 0. The van der Waals surface area contributed by atoms with Crippen molar-refractivity contribution in [2.75, 3.05) is 6.54 Å². The van der Waals surface area contributed by atoms with Crippen molar-refractivity contribution in [3.05, 3.63) is 84.2 Å². The van der Waals surface area contributed by atoms with Crippen LogP contribution < -0.4 is 5.32 Å². The summed E-state index contributed by atoms with van der Waals surface area (Å²) >= 11 is 0. The molecule has 1 atom stereocenters. The number of rotatable bonds is 6. The second-order valence-corrected chi connectivity index (χ2v) is 5.87. The molecule has 2 aromatic carbocycles. The second-order valence-electron chi connectivity index (χ2n) is 5.87. The van der Waals surface area contributed by atoms with Gasteiger partial charge in [0.2, 0.25) is 0 Å². The van der Waals surface area contributed by atoms with Crippen LogP contribution in [0.1, 0.15) is 18.1 Å². The summed E-state index contributed by atoms with van der Waals surface area (Å²) in [5, 5.41) is 18.2. The Kier molecular flexibility index (Phi) is 4.55. The van der Waals surface area contributed by atoms with E-state index in [4.69, 9.17) is 0 Å². The molecule has 0 bridgehead atoms. The summed E-state index contributed by atoms with van der Waals surface area (Å²) in [6, 6.07) is 19.7.